The minimum atomic E-state index is -0.642. The zero-order chi connectivity index (χ0) is 22.1. The van der Waals surface area contributed by atoms with Crippen molar-refractivity contribution >= 4 is 23.0 Å². The maximum Gasteiger partial charge on any atom is 0.306 e. The standard InChI is InChI=1S/C21H23N7O3/c1-3-4-10-28-16-18(24-20(28)27-11-9-13(22)12-27)25-21(26(2)19(16)30)31-15-8-6-5-7-14(15)17(23)29/h5-8,13H,9-12,22H2,1-2H3,(H2,23,29). The topological polar surface area (TPSA) is 134 Å². The van der Waals surface area contributed by atoms with Crippen molar-refractivity contribution in [2.24, 2.45) is 18.5 Å². The zero-order valence-electron chi connectivity index (χ0n) is 17.3. The molecule has 0 bridgehead atoms. The normalized spacial score (nSPS) is 15.7. The van der Waals surface area contributed by atoms with Crippen LogP contribution in [0.2, 0.25) is 0 Å². The van der Waals surface area contributed by atoms with Gasteiger partial charge in [0.2, 0.25) is 5.95 Å². The van der Waals surface area contributed by atoms with Gasteiger partial charge in [0.1, 0.15) is 5.75 Å². The number of anilines is 1. The predicted molar refractivity (Wildman–Crippen MR) is 116 cm³/mol. The molecule has 1 atom stereocenters. The number of para-hydroxylation sites is 1. The fraction of sp³-hybridized carbons (Fsp3) is 0.333. The van der Waals surface area contributed by atoms with E-state index in [9.17, 15) is 9.59 Å². The molecule has 1 amide bonds. The minimum Gasteiger partial charge on any atom is -0.425 e. The molecule has 0 aliphatic carbocycles. The van der Waals surface area contributed by atoms with Gasteiger partial charge in [-0.2, -0.15) is 9.97 Å². The summed E-state index contributed by atoms with van der Waals surface area (Å²) in [5.41, 5.74) is 11.9. The predicted octanol–water partition coefficient (Wildman–Crippen LogP) is 0.582. The Bertz CT molecular complexity index is 1280. The molecule has 1 fully saturated rings. The van der Waals surface area contributed by atoms with E-state index >= 15 is 0 Å². The monoisotopic (exact) mass is 421 g/mol. The van der Waals surface area contributed by atoms with Gasteiger partial charge in [-0.05, 0) is 25.5 Å². The number of fused-ring (bicyclic) bond motifs is 1. The molecule has 10 heteroatoms. The molecule has 3 aromatic rings. The highest BCUT2D eigenvalue weighted by Gasteiger charge is 2.27. The Morgan fingerprint density at radius 2 is 2.10 bits per heavy atom. The number of nitrogens with two attached hydrogens (primary N) is 2. The second kappa shape index (κ2) is 8.12. The number of benzene rings is 1. The van der Waals surface area contributed by atoms with Crippen LogP contribution in [0.15, 0.2) is 29.1 Å². The molecule has 1 saturated heterocycles. The molecule has 160 valence electrons. The van der Waals surface area contributed by atoms with Crippen molar-refractivity contribution in [1.82, 2.24) is 19.1 Å². The number of hydrogen-bond donors (Lipinski definition) is 2. The summed E-state index contributed by atoms with van der Waals surface area (Å²) < 4.78 is 8.84. The Balaban J connectivity index is 1.85. The summed E-state index contributed by atoms with van der Waals surface area (Å²) in [7, 11) is 1.55. The molecule has 0 radical (unpaired) electrons. The number of imidazole rings is 1. The summed E-state index contributed by atoms with van der Waals surface area (Å²) in [5, 5.41) is 0. The van der Waals surface area contributed by atoms with Crippen molar-refractivity contribution in [3.8, 4) is 23.6 Å². The largest absolute Gasteiger partial charge is 0.425 e. The van der Waals surface area contributed by atoms with Crippen LogP contribution in [-0.4, -0.2) is 44.1 Å². The van der Waals surface area contributed by atoms with Gasteiger partial charge in [0, 0.05) is 26.2 Å². The van der Waals surface area contributed by atoms with Crippen LogP contribution in [0.3, 0.4) is 0 Å². The average Bonchev–Trinajstić information content (AvgIpc) is 3.33. The number of hydrogen-bond acceptors (Lipinski definition) is 7. The summed E-state index contributed by atoms with van der Waals surface area (Å²) in [5.74, 6) is 6.02. The van der Waals surface area contributed by atoms with E-state index in [1.807, 2.05) is 4.90 Å². The van der Waals surface area contributed by atoms with Crippen molar-refractivity contribution in [3.63, 3.8) is 0 Å². The van der Waals surface area contributed by atoms with E-state index in [0.29, 0.717) is 24.6 Å². The third-order valence-corrected chi connectivity index (χ3v) is 5.20. The number of aromatic nitrogens is 4. The third-order valence-electron chi connectivity index (χ3n) is 5.20. The van der Waals surface area contributed by atoms with E-state index in [1.165, 1.54) is 4.57 Å². The number of carbonyl (C=O) groups is 1. The molecule has 3 heterocycles. The fourth-order valence-corrected chi connectivity index (χ4v) is 3.60. The second-order valence-electron chi connectivity index (χ2n) is 7.31. The first kappa shape index (κ1) is 20.4. The third kappa shape index (κ3) is 3.71. The number of primary amides is 1. The molecule has 31 heavy (non-hydrogen) atoms. The number of nitrogens with zero attached hydrogens (tertiary/aromatic N) is 5. The lowest BCUT2D eigenvalue weighted by Crippen LogP contribution is -2.29. The quantitative estimate of drug-likeness (QED) is 0.576. The highest BCUT2D eigenvalue weighted by Crippen LogP contribution is 2.26. The zero-order valence-corrected chi connectivity index (χ0v) is 17.3. The number of amides is 1. The summed E-state index contributed by atoms with van der Waals surface area (Å²) in [6.45, 7) is 3.41. The van der Waals surface area contributed by atoms with Gasteiger partial charge in [-0.1, -0.05) is 18.1 Å². The van der Waals surface area contributed by atoms with Crippen molar-refractivity contribution in [2.45, 2.75) is 25.9 Å². The van der Waals surface area contributed by atoms with Gasteiger partial charge in [-0.3, -0.25) is 18.7 Å². The maximum absolute atomic E-state index is 13.2. The van der Waals surface area contributed by atoms with E-state index in [4.69, 9.17) is 16.2 Å². The lowest BCUT2D eigenvalue weighted by molar-refractivity contribution is 0.0998. The Labute approximate surface area is 178 Å². The Hall–Kier alpha value is -3.84. The van der Waals surface area contributed by atoms with Crippen molar-refractivity contribution in [1.29, 1.82) is 0 Å². The smallest absolute Gasteiger partial charge is 0.306 e. The summed E-state index contributed by atoms with van der Waals surface area (Å²) in [6, 6.07) is 6.55. The van der Waals surface area contributed by atoms with E-state index < -0.39 is 5.91 Å². The summed E-state index contributed by atoms with van der Waals surface area (Å²) in [4.78, 5) is 36.0. The van der Waals surface area contributed by atoms with E-state index in [0.717, 1.165) is 13.0 Å². The first-order valence-corrected chi connectivity index (χ1v) is 9.84. The SMILES string of the molecule is CC#CCn1c(N2CCC(N)C2)nc2nc(Oc3ccccc3C(N)=O)n(C)c(=O)c21. The van der Waals surface area contributed by atoms with Crippen LogP contribution in [0.5, 0.6) is 11.8 Å². The first-order valence-electron chi connectivity index (χ1n) is 9.84. The van der Waals surface area contributed by atoms with Gasteiger partial charge in [-0.15, -0.1) is 5.92 Å². The molecular formula is C21H23N7O3. The van der Waals surface area contributed by atoms with Crippen LogP contribution in [0.4, 0.5) is 5.95 Å². The minimum absolute atomic E-state index is 0.00194. The Morgan fingerprint density at radius 3 is 2.77 bits per heavy atom. The maximum atomic E-state index is 13.2. The summed E-state index contributed by atoms with van der Waals surface area (Å²) in [6.07, 6.45) is 0.840. The molecule has 0 spiro atoms. The molecule has 1 aliphatic rings. The molecule has 10 nitrogen and oxygen atoms in total. The van der Waals surface area contributed by atoms with Crippen LogP contribution >= 0.6 is 0 Å². The number of rotatable bonds is 5. The average molecular weight is 421 g/mol. The first-order chi connectivity index (χ1) is 14.9. The van der Waals surface area contributed by atoms with Crippen LogP contribution in [0, 0.1) is 11.8 Å². The van der Waals surface area contributed by atoms with Crippen LogP contribution < -0.4 is 26.7 Å². The molecule has 0 saturated carbocycles. The van der Waals surface area contributed by atoms with Gasteiger partial charge >= 0.3 is 6.01 Å². The Kier molecular flexibility index (Phi) is 5.35. The molecular weight excluding hydrogens is 398 g/mol. The molecule has 4 N–H and O–H groups in total. The highest BCUT2D eigenvalue weighted by atomic mass is 16.5. The van der Waals surface area contributed by atoms with Gasteiger partial charge < -0.3 is 21.1 Å². The van der Waals surface area contributed by atoms with Gasteiger partial charge in [0.15, 0.2) is 11.2 Å². The van der Waals surface area contributed by atoms with E-state index in [1.54, 1.807) is 42.8 Å². The second-order valence-corrected chi connectivity index (χ2v) is 7.31. The Morgan fingerprint density at radius 1 is 1.32 bits per heavy atom. The van der Waals surface area contributed by atoms with Crippen molar-refractivity contribution in [3.05, 3.63) is 40.2 Å². The molecule has 1 aliphatic heterocycles. The molecule has 1 aromatic carbocycles. The fourth-order valence-electron chi connectivity index (χ4n) is 3.60. The molecule has 1 unspecified atom stereocenters. The number of carbonyl (C=O) groups excluding carboxylic acids is 1. The van der Waals surface area contributed by atoms with Crippen LogP contribution in [0.25, 0.3) is 11.2 Å². The van der Waals surface area contributed by atoms with Crippen molar-refractivity contribution < 1.29 is 9.53 Å². The summed E-state index contributed by atoms with van der Waals surface area (Å²) >= 11 is 0. The van der Waals surface area contributed by atoms with E-state index in [2.05, 4.69) is 21.8 Å². The molecule has 2 aromatic heterocycles. The van der Waals surface area contributed by atoms with E-state index in [-0.39, 0.29) is 34.6 Å². The molecule has 4 rings (SSSR count). The number of ether oxygens (including phenoxy) is 1. The van der Waals surface area contributed by atoms with Gasteiger partial charge in [-0.25, -0.2) is 0 Å². The lowest BCUT2D eigenvalue weighted by atomic mass is 10.2. The van der Waals surface area contributed by atoms with Gasteiger partial charge in [0.05, 0.1) is 12.1 Å². The van der Waals surface area contributed by atoms with Crippen molar-refractivity contribution in [2.75, 3.05) is 18.0 Å². The highest BCUT2D eigenvalue weighted by molar-refractivity contribution is 5.95. The van der Waals surface area contributed by atoms with Gasteiger partial charge in [0.25, 0.3) is 11.5 Å². The van der Waals surface area contributed by atoms with Crippen LogP contribution in [0.1, 0.15) is 23.7 Å². The lowest BCUT2D eigenvalue weighted by Gasteiger charge is -2.17. The van der Waals surface area contributed by atoms with Crippen LogP contribution in [-0.2, 0) is 13.6 Å².